The van der Waals surface area contributed by atoms with Crippen LogP contribution in [-0.4, -0.2) is 39.2 Å². The lowest BCUT2D eigenvalue weighted by atomic mass is 10.2. The van der Waals surface area contributed by atoms with Crippen molar-refractivity contribution < 1.29 is 10.0 Å². The van der Waals surface area contributed by atoms with Crippen LogP contribution in [0.4, 0.5) is 11.5 Å². The highest BCUT2D eigenvalue weighted by atomic mass is 16.6. The molecule has 0 atom stereocenters. The topological polar surface area (TPSA) is 92.4 Å². The predicted octanol–water partition coefficient (Wildman–Crippen LogP) is 1.50. The van der Waals surface area contributed by atoms with Gasteiger partial charge in [0.05, 0.1) is 17.0 Å². The van der Waals surface area contributed by atoms with Crippen molar-refractivity contribution in [1.29, 1.82) is 0 Å². The fourth-order valence-corrected chi connectivity index (χ4v) is 2.33. The summed E-state index contributed by atoms with van der Waals surface area (Å²) in [6.07, 6.45) is 3.57. The second-order valence-electron chi connectivity index (χ2n) is 4.80. The van der Waals surface area contributed by atoms with Gasteiger partial charge in [-0.2, -0.15) is 0 Å². The maximum absolute atomic E-state index is 10.9. The molecule has 1 aromatic heterocycles. The van der Waals surface area contributed by atoms with E-state index in [0.717, 1.165) is 12.8 Å². The van der Waals surface area contributed by atoms with E-state index in [-0.39, 0.29) is 12.3 Å². The number of fused-ring (bicyclic) bond motifs is 1. The molecule has 0 saturated heterocycles. The summed E-state index contributed by atoms with van der Waals surface area (Å²) in [6.45, 7) is 0.496. The Kier molecular flexibility index (Phi) is 3.19. The lowest BCUT2D eigenvalue weighted by Gasteiger charge is -2.23. The maximum atomic E-state index is 10.9. The number of anilines is 1. The summed E-state index contributed by atoms with van der Waals surface area (Å²) in [5, 5.41) is 20.8. The largest absolute Gasteiger partial charge is 0.395 e. The van der Waals surface area contributed by atoms with Crippen LogP contribution in [0.5, 0.6) is 0 Å². The van der Waals surface area contributed by atoms with E-state index >= 15 is 0 Å². The highest BCUT2D eigenvalue weighted by Crippen LogP contribution is 2.34. The first-order valence-corrected chi connectivity index (χ1v) is 6.47. The van der Waals surface area contributed by atoms with E-state index in [1.54, 1.807) is 6.07 Å². The van der Waals surface area contributed by atoms with Gasteiger partial charge < -0.3 is 10.0 Å². The molecule has 7 nitrogen and oxygen atoms in total. The van der Waals surface area contributed by atoms with Crippen molar-refractivity contribution in [1.82, 2.24) is 9.97 Å². The molecule has 1 aliphatic carbocycles. The number of nitrogens with zero attached hydrogens (tertiary/aromatic N) is 4. The fourth-order valence-electron chi connectivity index (χ4n) is 2.33. The van der Waals surface area contributed by atoms with Crippen LogP contribution < -0.4 is 4.90 Å². The van der Waals surface area contributed by atoms with E-state index in [9.17, 15) is 15.2 Å². The van der Waals surface area contributed by atoms with Crippen LogP contribution >= 0.6 is 0 Å². The van der Waals surface area contributed by atoms with Gasteiger partial charge >= 0.3 is 0 Å². The molecular weight excluding hydrogens is 260 g/mol. The molecule has 20 heavy (non-hydrogen) atoms. The van der Waals surface area contributed by atoms with Crippen LogP contribution in [0, 0.1) is 10.1 Å². The van der Waals surface area contributed by atoms with Gasteiger partial charge in [0.15, 0.2) is 0 Å². The molecule has 7 heteroatoms. The van der Waals surface area contributed by atoms with Crippen molar-refractivity contribution in [2.24, 2.45) is 0 Å². The molecule has 1 N–H and O–H groups in total. The van der Waals surface area contributed by atoms with E-state index in [0.29, 0.717) is 29.3 Å². The van der Waals surface area contributed by atoms with Crippen molar-refractivity contribution >= 4 is 22.4 Å². The van der Waals surface area contributed by atoms with Crippen molar-refractivity contribution in [3.8, 4) is 0 Å². The van der Waals surface area contributed by atoms with Crippen LogP contribution in [0.2, 0.25) is 0 Å². The Morgan fingerprint density at radius 2 is 2.20 bits per heavy atom. The molecule has 0 spiro atoms. The van der Waals surface area contributed by atoms with Gasteiger partial charge in [-0.1, -0.05) is 0 Å². The second kappa shape index (κ2) is 5.01. The Balaban J connectivity index is 2.12. The average molecular weight is 274 g/mol. The standard InChI is InChI=1S/C13H14N4O3/c18-6-5-16(9-1-2-9)13-11-7-10(17(19)20)3-4-12(11)14-8-15-13/h3-4,7-9,18H,1-2,5-6H2. The van der Waals surface area contributed by atoms with Crippen LogP contribution in [0.3, 0.4) is 0 Å². The van der Waals surface area contributed by atoms with Crippen LogP contribution in [0.15, 0.2) is 24.5 Å². The number of hydrogen-bond acceptors (Lipinski definition) is 6. The number of nitro groups is 1. The zero-order chi connectivity index (χ0) is 14.1. The van der Waals surface area contributed by atoms with Crippen LogP contribution in [-0.2, 0) is 0 Å². The number of aliphatic hydroxyl groups is 1. The highest BCUT2D eigenvalue weighted by Gasteiger charge is 2.30. The van der Waals surface area contributed by atoms with Crippen molar-refractivity contribution in [2.45, 2.75) is 18.9 Å². The average Bonchev–Trinajstić information content (AvgIpc) is 3.28. The molecule has 0 amide bonds. The van der Waals surface area contributed by atoms with Crippen molar-refractivity contribution in [3.63, 3.8) is 0 Å². The third-order valence-corrected chi connectivity index (χ3v) is 3.41. The SMILES string of the molecule is O=[N+]([O-])c1ccc2ncnc(N(CCO)C3CC3)c2c1. The molecule has 1 aromatic carbocycles. The van der Waals surface area contributed by atoms with Gasteiger partial charge in [0.25, 0.3) is 5.69 Å². The molecule has 104 valence electrons. The van der Waals surface area contributed by atoms with Crippen molar-refractivity contribution in [2.75, 3.05) is 18.1 Å². The molecule has 0 radical (unpaired) electrons. The van der Waals surface area contributed by atoms with E-state index in [1.807, 2.05) is 4.90 Å². The Labute approximate surface area is 115 Å². The summed E-state index contributed by atoms with van der Waals surface area (Å²) >= 11 is 0. The van der Waals surface area contributed by atoms with Gasteiger partial charge in [-0.15, -0.1) is 0 Å². The minimum atomic E-state index is -0.427. The number of aromatic nitrogens is 2. The maximum Gasteiger partial charge on any atom is 0.270 e. The number of benzene rings is 1. The number of non-ortho nitro benzene ring substituents is 1. The normalized spacial score (nSPS) is 14.4. The zero-order valence-corrected chi connectivity index (χ0v) is 10.8. The highest BCUT2D eigenvalue weighted by molar-refractivity contribution is 5.91. The van der Waals surface area contributed by atoms with Gasteiger partial charge in [-0.3, -0.25) is 10.1 Å². The molecule has 0 aliphatic heterocycles. The molecule has 2 aromatic rings. The summed E-state index contributed by atoms with van der Waals surface area (Å²) in [7, 11) is 0. The molecule has 1 saturated carbocycles. The minimum Gasteiger partial charge on any atom is -0.395 e. The Bertz CT molecular complexity index is 657. The summed E-state index contributed by atoms with van der Waals surface area (Å²) < 4.78 is 0. The summed E-state index contributed by atoms with van der Waals surface area (Å²) in [5.41, 5.74) is 0.692. The summed E-state index contributed by atoms with van der Waals surface area (Å²) in [6, 6.07) is 4.92. The zero-order valence-electron chi connectivity index (χ0n) is 10.8. The first kappa shape index (κ1) is 12.7. The first-order chi connectivity index (χ1) is 9.70. The Morgan fingerprint density at radius 1 is 1.40 bits per heavy atom. The van der Waals surface area contributed by atoms with E-state index in [1.165, 1.54) is 18.5 Å². The van der Waals surface area contributed by atoms with Gasteiger partial charge in [0.1, 0.15) is 12.1 Å². The van der Waals surface area contributed by atoms with Gasteiger partial charge in [0, 0.05) is 30.1 Å². The lowest BCUT2D eigenvalue weighted by Crippen LogP contribution is -2.30. The quantitative estimate of drug-likeness (QED) is 0.656. The van der Waals surface area contributed by atoms with Gasteiger partial charge in [-0.05, 0) is 18.9 Å². The van der Waals surface area contributed by atoms with Gasteiger partial charge in [-0.25, -0.2) is 9.97 Å². The summed E-state index contributed by atoms with van der Waals surface area (Å²) in [5.74, 6) is 0.662. The molecular formula is C13H14N4O3. The molecule has 0 unspecified atom stereocenters. The van der Waals surface area contributed by atoms with E-state index < -0.39 is 4.92 Å². The Morgan fingerprint density at radius 3 is 2.85 bits per heavy atom. The molecule has 0 bridgehead atoms. The number of nitro benzene ring substituents is 1. The van der Waals surface area contributed by atoms with E-state index in [4.69, 9.17) is 0 Å². The first-order valence-electron chi connectivity index (χ1n) is 6.47. The predicted molar refractivity (Wildman–Crippen MR) is 73.6 cm³/mol. The molecule has 3 rings (SSSR count). The fraction of sp³-hybridized carbons (Fsp3) is 0.385. The summed E-state index contributed by atoms with van der Waals surface area (Å²) in [4.78, 5) is 20.9. The molecule has 1 fully saturated rings. The van der Waals surface area contributed by atoms with Crippen LogP contribution in [0.1, 0.15) is 12.8 Å². The monoisotopic (exact) mass is 274 g/mol. The number of rotatable bonds is 5. The lowest BCUT2D eigenvalue weighted by molar-refractivity contribution is -0.384. The Hall–Kier alpha value is -2.28. The minimum absolute atomic E-state index is 0.0216. The van der Waals surface area contributed by atoms with Crippen LogP contribution in [0.25, 0.3) is 10.9 Å². The number of aliphatic hydroxyl groups excluding tert-OH is 1. The van der Waals surface area contributed by atoms with Gasteiger partial charge in [0.2, 0.25) is 0 Å². The second-order valence-corrected chi connectivity index (χ2v) is 4.80. The third kappa shape index (κ3) is 2.27. The number of hydrogen-bond donors (Lipinski definition) is 1. The third-order valence-electron chi connectivity index (χ3n) is 3.41. The van der Waals surface area contributed by atoms with E-state index in [2.05, 4.69) is 9.97 Å². The van der Waals surface area contributed by atoms with Crippen molar-refractivity contribution in [3.05, 3.63) is 34.6 Å². The molecule has 1 heterocycles. The molecule has 1 aliphatic rings. The smallest absolute Gasteiger partial charge is 0.270 e.